The van der Waals surface area contributed by atoms with Gasteiger partial charge in [0.25, 0.3) is 0 Å². The van der Waals surface area contributed by atoms with Crippen LogP contribution in [-0.2, 0) is 18.3 Å². The molecule has 0 saturated carbocycles. The molecule has 1 N–H and O–H groups in total. The number of carbonyl (C=O) groups is 1. The van der Waals surface area contributed by atoms with E-state index in [1.165, 1.54) is 0 Å². The Bertz CT molecular complexity index is 911. The van der Waals surface area contributed by atoms with Crippen LogP contribution in [-0.4, -0.2) is 38.6 Å². The van der Waals surface area contributed by atoms with Crippen LogP contribution in [0.5, 0.6) is 0 Å². The number of piperidine rings is 1. The van der Waals surface area contributed by atoms with Crippen molar-refractivity contribution < 1.29 is 4.79 Å². The van der Waals surface area contributed by atoms with Gasteiger partial charge < -0.3 is 5.32 Å². The molecule has 3 aromatic rings. The minimum absolute atomic E-state index is 0.120. The van der Waals surface area contributed by atoms with Crippen LogP contribution in [0.3, 0.4) is 0 Å². The van der Waals surface area contributed by atoms with Crippen molar-refractivity contribution in [3.8, 4) is 11.3 Å². The predicted molar refractivity (Wildman–Crippen MR) is 96.0 cm³/mol. The van der Waals surface area contributed by atoms with Crippen LogP contribution < -0.4 is 5.32 Å². The smallest absolute Gasteiger partial charge is 0.143 e. The van der Waals surface area contributed by atoms with Gasteiger partial charge in [0, 0.05) is 61.2 Å². The molecular weight excluding hydrogens is 314 g/mol. The first-order chi connectivity index (χ1) is 12.2. The van der Waals surface area contributed by atoms with Gasteiger partial charge in [0.1, 0.15) is 5.78 Å². The summed E-state index contributed by atoms with van der Waals surface area (Å²) in [6.45, 7) is 1.81. The summed E-state index contributed by atoms with van der Waals surface area (Å²) in [6.07, 6.45) is 9.81. The lowest BCUT2D eigenvalue weighted by Crippen LogP contribution is -2.35. The summed E-state index contributed by atoms with van der Waals surface area (Å²) < 4.78 is 1.76. The maximum atomic E-state index is 12.5. The molecule has 0 amide bonds. The van der Waals surface area contributed by atoms with Crippen molar-refractivity contribution in [2.45, 2.75) is 19.3 Å². The van der Waals surface area contributed by atoms with Crippen LogP contribution in [0, 0.1) is 5.92 Å². The number of pyridine rings is 2. The van der Waals surface area contributed by atoms with Gasteiger partial charge in [0.2, 0.25) is 0 Å². The van der Waals surface area contributed by atoms with Gasteiger partial charge in [-0.3, -0.25) is 19.4 Å². The second kappa shape index (κ2) is 6.72. The molecule has 0 radical (unpaired) electrons. The first-order valence-corrected chi connectivity index (χ1v) is 8.66. The lowest BCUT2D eigenvalue weighted by atomic mass is 9.92. The average molecular weight is 335 g/mol. The zero-order valence-electron chi connectivity index (χ0n) is 14.3. The highest BCUT2D eigenvalue weighted by molar-refractivity contribution is 5.87. The third kappa shape index (κ3) is 3.44. The molecule has 128 valence electrons. The molecule has 3 aromatic heterocycles. The summed E-state index contributed by atoms with van der Waals surface area (Å²) in [5.74, 6) is 0.398. The Kier molecular flexibility index (Phi) is 4.28. The van der Waals surface area contributed by atoms with E-state index >= 15 is 0 Å². The third-order valence-corrected chi connectivity index (χ3v) is 4.77. The van der Waals surface area contributed by atoms with Gasteiger partial charge in [-0.05, 0) is 36.9 Å². The molecule has 1 atom stereocenters. The molecule has 6 nitrogen and oxygen atoms in total. The van der Waals surface area contributed by atoms with E-state index in [2.05, 4.69) is 20.4 Å². The Labute approximate surface area is 146 Å². The predicted octanol–water partition coefficient (Wildman–Crippen LogP) is 2.14. The Morgan fingerprint density at radius 1 is 1.24 bits per heavy atom. The highest BCUT2D eigenvalue weighted by atomic mass is 16.1. The van der Waals surface area contributed by atoms with Gasteiger partial charge in [-0.25, -0.2) is 0 Å². The number of hydrogen-bond acceptors (Lipinski definition) is 5. The fourth-order valence-electron chi connectivity index (χ4n) is 3.34. The fourth-order valence-corrected chi connectivity index (χ4v) is 3.34. The Morgan fingerprint density at radius 2 is 2.12 bits per heavy atom. The van der Waals surface area contributed by atoms with Gasteiger partial charge in [0.15, 0.2) is 0 Å². The monoisotopic (exact) mass is 335 g/mol. The maximum absolute atomic E-state index is 12.5. The van der Waals surface area contributed by atoms with Crippen LogP contribution >= 0.6 is 0 Å². The van der Waals surface area contributed by atoms with Crippen LogP contribution in [0.4, 0.5) is 0 Å². The second-order valence-electron chi connectivity index (χ2n) is 6.68. The largest absolute Gasteiger partial charge is 0.316 e. The molecule has 1 fully saturated rings. The molecule has 0 bridgehead atoms. The molecule has 1 aliphatic rings. The summed E-state index contributed by atoms with van der Waals surface area (Å²) in [5.41, 5.74) is 2.68. The zero-order chi connectivity index (χ0) is 17.2. The number of fused-ring (bicyclic) bond motifs is 1. The minimum Gasteiger partial charge on any atom is -0.316 e. The third-order valence-electron chi connectivity index (χ3n) is 4.77. The van der Waals surface area contributed by atoms with Crippen molar-refractivity contribution in [2.24, 2.45) is 13.0 Å². The highest BCUT2D eigenvalue weighted by Gasteiger charge is 2.21. The molecule has 1 saturated heterocycles. The van der Waals surface area contributed by atoms with Crippen LogP contribution in [0.25, 0.3) is 22.0 Å². The fraction of sp³-hybridized carbons (Fsp3) is 0.368. The molecule has 1 aliphatic heterocycles. The van der Waals surface area contributed by atoms with Gasteiger partial charge >= 0.3 is 0 Å². The minimum atomic E-state index is 0.120. The summed E-state index contributed by atoms with van der Waals surface area (Å²) in [5, 5.41) is 9.52. The summed E-state index contributed by atoms with van der Waals surface area (Å²) in [7, 11) is 1.89. The van der Waals surface area contributed by atoms with Crippen LogP contribution in [0.15, 0.2) is 36.9 Å². The van der Waals surface area contributed by atoms with Gasteiger partial charge in [-0.15, -0.1) is 0 Å². The molecule has 0 aromatic carbocycles. The topological polar surface area (TPSA) is 72.7 Å². The summed E-state index contributed by atoms with van der Waals surface area (Å²) in [6, 6.07) is 4.04. The van der Waals surface area contributed by atoms with E-state index < -0.39 is 0 Å². The van der Waals surface area contributed by atoms with Gasteiger partial charge in [-0.2, -0.15) is 5.10 Å². The van der Waals surface area contributed by atoms with E-state index in [-0.39, 0.29) is 11.7 Å². The maximum Gasteiger partial charge on any atom is 0.143 e. The highest BCUT2D eigenvalue weighted by Crippen LogP contribution is 2.22. The number of hydrogen-bond donors (Lipinski definition) is 1. The Balaban J connectivity index is 1.59. The number of Topliss-reactive ketones (excluding diaryl/α,β-unsaturated/α-hetero) is 1. The number of carbonyl (C=O) groups excluding carboxylic acids is 1. The first kappa shape index (κ1) is 15.9. The number of ketones is 1. The number of nitrogens with zero attached hydrogens (tertiary/aromatic N) is 4. The zero-order valence-corrected chi connectivity index (χ0v) is 14.3. The molecule has 0 aliphatic carbocycles. The lowest BCUT2D eigenvalue weighted by Gasteiger charge is -2.21. The Hall–Kier alpha value is -2.60. The van der Waals surface area contributed by atoms with Crippen molar-refractivity contribution >= 4 is 16.6 Å². The van der Waals surface area contributed by atoms with E-state index in [9.17, 15) is 4.79 Å². The van der Waals surface area contributed by atoms with Crippen molar-refractivity contribution in [1.29, 1.82) is 0 Å². The van der Waals surface area contributed by atoms with E-state index in [1.54, 1.807) is 17.1 Å². The number of aromatic nitrogens is 4. The van der Waals surface area contributed by atoms with Crippen molar-refractivity contribution in [3.63, 3.8) is 0 Å². The Morgan fingerprint density at radius 3 is 2.88 bits per heavy atom. The van der Waals surface area contributed by atoms with Crippen molar-refractivity contribution in [2.75, 3.05) is 13.1 Å². The molecule has 0 unspecified atom stereocenters. The lowest BCUT2D eigenvalue weighted by molar-refractivity contribution is -0.122. The standard InChI is InChI=1S/C19H21N5O/c1-24-12-16(11-23-24)18-6-14-5-17(21-9-15(14)10-22-18)7-19(25)13-3-2-4-20-8-13/h5-6,9-13,20H,2-4,7-8H2,1H3/t13-/m0/s1. The molecule has 6 heteroatoms. The second-order valence-corrected chi connectivity index (χ2v) is 6.68. The average Bonchev–Trinajstić information content (AvgIpc) is 3.08. The van der Waals surface area contributed by atoms with Crippen molar-refractivity contribution in [3.05, 3.63) is 42.6 Å². The van der Waals surface area contributed by atoms with Crippen molar-refractivity contribution in [1.82, 2.24) is 25.1 Å². The van der Waals surface area contributed by atoms with E-state index in [0.717, 1.165) is 53.7 Å². The van der Waals surface area contributed by atoms with Gasteiger partial charge in [0.05, 0.1) is 11.9 Å². The van der Waals surface area contributed by atoms with E-state index in [4.69, 9.17) is 0 Å². The molecule has 25 heavy (non-hydrogen) atoms. The molecule has 0 spiro atoms. The number of nitrogens with one attached hydrogen (secondary N) is 1. The first-order valence-electron chi connectivity index (χ1n) is 8.66. The number of rotatable bonds is 4. The molecule has 4 rings (SSSR count). The molecular formula is C19H21N5O. The summed E-state index contributed by atoms with van der Waals surface area (Å²) >= 11 is 0. The quantitative estimate of drug-likeness (QED) is 0.791. The molecule has 4 heterocycles. The van der Waals surface area contributed by atoms with E-state index in [1.807, 2.05) is 31.6 Å². The van der Waals surface area contributed by atoms with E-state index in [0.29, 0.717) is 6.42 Å². The summed E-state index contributed by atoms with van der Waals surface area (Å²) in [4.78, 5) is 21.4. The SMILES string of the molecule is Cn1cc(-c2cc3cc(CC(=O)[C@H]4CCCNC4)ncc3cn2)cn1. The van der Waals surface area contributed by atoms with Crippen LogP contribution in [0.1, 0.15) is 18.5 Å². The van der Waals surface area contributed by atoms with Gasteiger partial charge in [-0.1, -0.05) is 0 Å². The number of aryl methyl sites for hydroxylation is 1. The van der Waals surface area contributed by atoms with Crippen LogP contribution in [0.2, 0.25) is 0 Å². The normalized spacial score (nSPS) is 17.7.